The van der Waals surface area contributed by atoms with Gasteiger partial charge in [-0.25, -0.2) is 17.2 Å². The average Bonchev–Trinajstić information content (AvgIpc) is 3.54. The molecular weight excluding hydrogens is 594 g/mol. The van der Waals surface area contributed by atoms with Gasteiger partial charge >= 0.3 is 5.97 Å². The lowest BCUT2D eigenvalue weighted by Crippen LogP contribution is -2.40. The second-order valence-electron chi connectivity index (χ2n) is 11.9. The van der Waals surface area contributed by atoms with Crippen molar-refractivity contribution in [2.24, 2.45) is 5.41 Å². The molecule has 3 aliphatic rings. The molecule has 3 aromatic rings. The Morgan fingerprint density at radius 3 is 2.36 bits per heavy atom. The van der Waals surface area contributed by atoms with Gasteiger partial charge in [0.2, 0.25) is 16.0 Å². The van der Waals surface area contributed by atoms with Crippen molar-refractivity contribution in [3.05, 3.63) is 48.2 Å². The van der Waals surface area contributed by atoms with E-state index < -0.39 is 33.6 Å². The van der Waals surface area contributed by atoms with Crippen molar-refractivity contribution in [3.63, 3.8) is 0 Å². The third-order valence-electron chi connectivity index (χ3n) is 8.77. The first-order valence-electron chi connectivity index (χ1n) is 14.9. The number of hydrogen-bond acceptors (Lipinski definition) is 8. The number of amides is 1. The van der Waals surface area contributed by atoms with Gasteiger partial charge < -0.3 is 19.9 Å². The number of fused-ring (bicyclic) bond motifs is 1. The van der Waals surface area contributed by atoms with Crippen molar-refractivity contribution < 1.29 is 31.5 Å². The molecule has 0 unspecified atom stereocenters. The molecule has 0 radical (unpaired) electrons. The van der Waals surface area contributed by atoms with Crippen LogP contribution in [0.15, 0.2) is 42.6 Å². The lowest BCUT2D eigenvalue weighted by atomic mass is 9.93. The van der Waals surface area contributed by atoms with E-state index in [2.05, 4.69) is 19.9 Å². The van der Waals surface area contributed by atoms with Gasteiger partial charge in [-0.3, -0.25) is 18.7 Å². The molecule has 2 aromatic heterocycles. The summed E-state index contributed by atoms with van der Waals surface area (Å²) in [6, 6.07) is 10.0. The molecule has 2 N–H and O–H groups in total. The molecule has 44 heavy (non-hydrogen) atoms. The van der Waals surface area contributed by atoms with Crippen LogP contribution < -0.4 is 19.8 Å². The van der Waals surface area contributed by atoms with Crippen molar-refractivity contribution in [2.75, 3.05) is 58.4 Å². The van der Waals surface area contributed by atoms with Gasteiger partial charge in [-0.2, -0.15) is 4.98 Å². The van der Waals surface area contributed by atoms with E-state index in [9.17, 15) is 26.8 Å². The maximum atomic E-state index is 13.9. The van der Waals surface area contributed by atoms with Crippen LogP contribution in [-0.4, -0.2) is 74.1 Å². The molecule has 2 aliphatic heterocycles. The number of rotatable bonds is 9. The number of anilines is 4. The first-order valence-corrected chi connectivity index (χ1v) is 16.6. The van der Waals surface area contributed by atoms with Gasteiger partial charge in [0.05, 0.1) is 29.1 Å². The third-order valence-corrected chi connectivity index (χ3v) is 9.93. The Hall–Kier alpha value is -3.94. The number of piperidine rings is 2. The minimum absolute atomic E-state index is 0.0700. The Kier molecular flexibility index (Phi) is 7.89. The predicted octanol–water partition coefficient (Wildman–Crippen LogP) is 4.51. The van der Waals surface area contributed by atoms with E-state index in [4.69, 9.17) is 4.74 Å². The highest BCUT2D eigenvalue weighted by molar-refractivity contribution is 7.93. The highest BCUT2D eigenvalue weighted by Crippen LogP contribution is 2.54. The summed E-state index contributed by atoms with van der Waals surface area (Å²) in [6.45, 7) is 3.38. The van der Waals surface area contributed by atoms with E-state index >= 15 is 0 Å². The van der Waals surface area contributed by atoms with Gasteiger partial charge in [0.1, 0.15) is 5.82 Å². The number of aromatic nitrogens is 2. The molecule has 3 fully saturated rings. The van der Waals surface area contributed by atoms with E-state index in [1.54, 1.807) is 36.2 Å². The van der Waals surface area contributed by atoms with Gasteiger partial charge in [0.25, 0.3) is 11.8 Å². The number of nitrogens with zero attached hydrogens (tertiary/aromatic N) is 4. The number of hydrogen-bond donors (Lipinski definition) is 2. The van der Waals surface area contributed by atoms with Gasteiger partial charge in [0, 0.05) is 51.3 Å². The van der Waals surface area contributed by atoms with Crippen molar-refractivity contribution in [2.45, 2.75) is 51.4 Å². The zero-order valence-electron chi connectivity index (χ0n) is 24.5. The molecule has 236 valence electrons. The molecule has 1 amide bonds. The van der Waals surface area contributed by atoms with Gasteiger partial charge in [-0.1, -0.05) is 0 Å². The molecule has 1 saturated carbocycles. The van der Waals surface area contributed by atoms with Crippen molar-refractivity contribution in [1.82, 2.24) is 9.38 Å². The molecule has 2 saturated heterocycles. The molecule has 1 spiro atoms. The standard InChI is InChI=1S/C30H36F2N6O5S/c1-2-43-26(39)20-44(41,42)35-21-5-6-23(24(18-21)36-14-9-29(7-8-29)10-15-36)27(40)33-25-19-22-4-3-13-38(22)28(34-25)37-16-11-30(31,32)12-17-37/h3-6,13,18-19,35H,2,7-12,14-17,20H2,1H3,(H,33,40). The second-order valence-corrected chi connectivity index (χ2v) is 13.6. The molecule has 11 nitrogen and oxygen atoms in total. The number of esters is 1. The molecule has 14 heteroatoms. The van der Waals surface area contributed by atoms with E-state index in [0.717, 1.165) is 31.4 Å². The van der Waals surface area contributed by atoms with Crippen LogP contribution in [-0.2, 0) is 19.6 Å². The van der Waals surface area contributed by atoms with E-state index in [-0.39, 0.29) is 44.0 Å². The molecule has 1 aliphatic carbocycles. The topological polar surface area (TPSA) is 125 Å². The normalized spacial score (nSPS) is 19.2. The number of carbonyl (C=O) groups is 2. The first-order chi connectivity index (χ1) is 20.9. The fourth-order valence-corrected chi connectivity index (χ4v) is 7.01. The van der Waals surface area contributed by atoms with Crippen LogP contribution in [0.4, 0.5) is 31.9 Å². The quantitative estimate of drug-likeness (QED) is 0.331. The van der Waals surface area contributed by atoms with Crippen LogP contribution >= 0.6 is 0 Å². The summed E-state index contributed by atoms with van der Waals surface area (Å²) in [6.07, 6.45) is 5.63. The molecule has 4 heterocycles. The lowest BCUT2D eigenvalue weighted by molar-refractivity contribution is -0.139. The molecule has 0 atom stereocenters. The summed E-state index contributed by atoms with van der Waals surface area (Å²) in [7, 11) is -4.04. The maximum absolute atomic E-state index is 13.9. The number of sulfonamides is 1. The predicted molar refractivity (Wildman–Crippen MR) is 163 cm³/mol. The number of alkyl halides is 2. The molecular formula is C30H36F2N6O5S. The highest BCUT2D eigenvalue weighted by Gasteiger charge is 2.44. The van der Waals surface area contributed by atoms with Crippen LogP contribution in [0, 0.1) is 5.41 Å². The number of carbonyl (C=O) groups excluding carboxylic acids is 2. The Morgan fingerprint density at radius 2 is 1.68 bits per heavy atom. The number of halogens is 2. The molecule has 1 aromatic carbocycles. The van der Waals surface area contributed by atoms with Gasteiger partial charge in [-0.05, 0) is 68.4 Å². The minimum atomic E-state index is -4.04. The minimum Gasteiger partial charge on any atom is -0.465 e. The number of benzene rings is 1. The zero-order chi connectivity index (χ0) is 31.1. The molecule has 6 rings (SSSR count). The zero-order valence-corrected chi connectivity index (χ0v) is 25.3. The van der Waals surface area contributed by atoms with Crippen molar-refractivity contribution in [3.8, 4) is 0 Å². The van der Waals surface area contributed by atoms with E-state index in [0.29, 0.717) is 22.6 Å². The summed E-state index contributed by atoms with van der Waals surface area (Å²) in [5, 5.41) is 2.89. The van der Waals surface area contributed by atoms with Crippen LogP contribution in [0.2, 0.25) is 0 Å². The van der Waals surface area contributed by atoms with Crippen LogP contribution in [0.3, 0.4) is 0 Å². The van der Waals surface area contributed by atoms with Crippen molar-refractivity contribution in [1.29, 1.82) is 0 Å². The van der Waals surface area contributed by atoms with E-state index in [1.807, 2.05) is 16.5 Å². The fraction of sp³-hybridized carbons (Fsp3) is 0.500. The largest absolute Gasteiger partial charge is 0.465 e. The summed E-state index contributed by atoms with van der Waals surface area (Å²) >= 11 is 0. The van der Waals surface area contributed by atoms with Crippen LogP contribution in [0.25, 0.3) is 5.52 Å². The SMILES string of the molecule is CCOC(=O)CS(=O)(=O)Nc1ccc(C(=O)Nc2cc3cccn3c(N3CCC(F)(F)CC3)n2)c(N2CCC3(CC2)CC3)c1. The Balaban J connectivity index is 1.27. The fourth-order valence-electron chi connectivity index (χ4n) is 6.05. The van der Waals surface area contributed by atoms with Gasteiger partial charge in [-0.15, -0.1) is 0 Å². The third kappa shape index (κ3) is 6.59. The van der Waals surface area contributed by atoms with Crippen molar-refractivity contribution >= 4 is 50.6 Å². The van der Waals surface area contributed by atoms with Crippen LogP contribution in [0.5, 0.6) is 0 Å². The Bertz CT molecular complexity index is 1670. The second kappa shape index (κ2) is 11.5. The summed E-state index contributed by atoms with van der Waals surface area (Å²) in [5.41, 5.74) is 2.26. The Morgan fingerprint density at radius 1 is 0.977 bits per heavy atom. The lowest BCUT2D eigenvalue weighted by Gasteiger charge is -2.35. The van der Waals surface area contributed by atoms with Crippen LogP contribution in [0.1, 0.15) is 55.8 Å². The molecule has 0 bridgehead atoms. The Labute approximate surface area is 254 Å². The van der Waals surface area contributed by atoms with E-state index in [1.165, 1.54) is 18.9 Å². The average molecular weight is 631 g/mol. The summed E-state index contributed by atoms with van der Waals surface area (Å²) in [5.74, 6) is -4.08. The number of ether oxygens (including phenoxy) is 1. The number of nitrogens with one attached hydrogen (secondary N) is 2. The summed E-state index contributed by atoms with van der Waals surface area (Å²) < 4.78 is 62.0. The maximum Gasteiger partial charge on any atom is 0.323 e. The monoisotopic (exact) mass is 630 g/mol. The van der Waals surface area contributed by atoms with Gasteiger partial charge in [0.15, 0.2) is 5.75 Å². The highest BCUT2D eigenvalue weighted by atomic mass is 32.2. The first kappa shape index (κ1) is 30.1. The smallest absolute Gasteiger partial charge is 0.323 e. The summed E-state index contributed by atoms with van der Waals surface area (Å²) in [4.78, 5) is 34.1.